The summed E-state index contributed by atoms with van der Waals surface area (Å²) in [5, 5.41) is 2.80. The number of nitrogens with zero attached hydrogens (tertiary/aromatic N) is 1. The van der Waals surface area contributed by atoms with Crippen LogP contribution < -0.4 is 5.32 Å². The van der Waals surface area contributed by atoms with Gasteiger partial charge in [-0.2, -0.15) is 0 Å². The van der Waals surface area contributed by atoms with Gasteiger partial charge < -0.3 is 9.73 Å². The summed E-state index contributed by atoms with van der Waals surface area (Å²) in [4.78, 5) is 16.3. The van der Waals surface area contributed by atoms with Gasteiger partial charge in [-0.1, -0.05) is 11.6 Å². The van der Waals surface area contributed by atoms with Crippen LogP contribution in [0.25, 0.3) is 0 Å². The summed E-state index contributed by atoms with van der Waals surface area (Å²) in [5.41, 5.74) is 2.50. The number of benzene rings is 1. The van der Waals surface area contributed by atoms with Gasteiger partial charge in [0.25, 0.3) is 5.91 Å². The standard InChI is InChI=1S/C14H15BrN2O2/c1-8-4-5-12(15)11(6-8)14(18)16-7-13-17-9(2)10(3)19-13/h4-6H,7H2,1-3H3,(H,16,18). The van der Waals surface area contributed by atoms with E-state index in [1.807, 2.05) is 39.0 Å². The van der Waals surface area contributed by atoms with Gasteiger partial charge in [-0.25, -0.2) is 4.98 Å². The summed E-state index contributed by atoms with van der Waals surface area (Å²) in [5.74, 6) is 1.15. The second-order valence-corrected chi connectivity index (χ2v) is 5.27. The topological polar surface area (TPSA) is 55.1 Å². The summed E-state index contributed by atoms with van der Waals surface area (Å²) in [6.45, 7) is 5.96. The average molecular weight is 323 g/mol. The van der Waals surface area contributed by atoms with Gasteiger partial charge >= 0.3 is 0 Å². The highest BCUT2D eigenvalue weighted by molar-refractivity contribution is 9.10. The van der Waals surface area contributed by atoms with Crippen molar-refractivity contribution >= 4 is 21.8 Å². The molecule has 0 spiro atoms. The highest BCUT2D eigenvalue weighted by atomic mass is 79.9. The van der Waals surface area contributed by atoms with E-state index in [0.717, 1.165) is 21.5 Å². The Balaban J connectivity index is 2.07. The van der Waals surface area contributed by atoms with Crippen LogP contribution in [0.5, 0.6) is 0 Å². The zero-order valence-electron chi connectivity index (χ0n) is 11.1. The maximum atomic E-state index is 12.1. The Kier molecular flexibility index (Phi) is 4.04. The van der Waals surface area contributed by atoms with Crippen molar-refractivity contribution in [2.75, 3.05) is 0 Å². The van der Waals surface area contributed by atoms with Crippen LogP contribution in [0.4, 0.5) is 0 Å². The van der Waals surface area contributed by atoms with Crippen molar-refractivity contribution in [2.24, 2.45) is 0 Å². The summed E-state index contributed by atoms with van der Waals surface area (Å²) >= 11 is 3.37. The lowest BCUT2D eigenvalue weighted by Crippen LogP contribution is -2.23. The van der Waals surface area contributed by atoms with E-state index >= 15 is 0 Å². The third-order valence-electron chi connectivity index (χ3n) is 2.84. The molecule has 100 valence electrons. The molecule has 2 rings (SSSR count). The highest BCUT2D eigenvalue weighted by Crippen LogP contribution is 2.18. The molecule has 0 saturated carbocycles. The van der Waals surface area contributed by atoms with E-state index in [2.05, 4.69) is 26.2 Å². The Morgan fingerprint density at radius 3 is 2.74 bits per heavy atom. The quantitative estimate of drug-likeness (QED) is 0.943. The first-order valence-corrected chi connectivity index (χ1v) is 6.74. The molecule has 19 heavy (non-hydrogen) atoms. The van der Waals surface area contributed by atoms with Crippen LogP contribution in [0.3, 0.4) is 0 Å². The van der Waals surface area contributed by atoms with E-state index in [9.17, 15) is 4.79 Å². The van der Waals surface area contributed by atoms with Gasteiger partial charge in [-0.05, 0) is 48.8 Å². The smallest absolute Gasteiger partial charge is 0.252 e. The van der Waals surface area contributed by atoms with E-state index in [1.54, 1.807) is 0 Å². The molecule has 1 amide bonds. The number of hydrogen-bond donors (Lipinski definition) is 1. The van der Waals surface area contributed by atoms with Crippen molar-refractivity contribution in [1.29, 1.82) is 0 Å². The SMILES string of the molecule is Cc1ccc(Br)c(C(=O)NCc2nc(C)c(C)o2)c1. The van der Waals surface area contributed by atoms with E-state index < -0.39 is 0 Å². The number of aryl methyl sites for hydroxylation is 3. The fourth-order valence-corrected chi connectivity index (χ4v) is 2.11. The number of carbonyl (C=O) groups is 1. The van der Waals surface area contributed by atoms with E-state index in [1.165, 1.54) is 0 Å². The fraction of sp³-hybridized carbons (Fsp3) is 0.286. The third-order valence-corrected chi connectivity index (χ3v) is 3.53. The maximum absolute atomic E-state index is 12.1. The zero-order valence-corrected chi connectivity index (χ0v) is 12.7. The lowest BCUT2D eigenvalue weighted by molar-refractivity contribution is 0.0946. The lowest BCUT2D eigenvalue weighted by atomic mass is 10.1. The lowest BCUT2D eigenvalue weighted by Gasteiger charge is -2.06. The van der Waals surface area contributed by atoms with E-state index in [0.29, 0.717) is 11.5 Å². The molecule has 1 aromatic heterocycles. The minimum Gasteiger partial charge on any atom is -0.444 e. The number of aromatic nitrogens is 1. The van der Waals surface area contributed by atoms with Gasteiger partial charge in [0.1, 0.15) is 5.76 Å². The van der Waals surface area contributed by atoms with Gasteiger partial charge in [-0.3, -0.25) is 4.79 Å². The third kappa shape index (κ3) is 3.23. The number of amides is 1. The number of halogens is 1. The Labute approximate surface area is 120 Å². The van der Waals surface area contributed by atoms with Crippen LogP contribution in [-0.4, -0.2) is 10.9 Å². The summed E-state index contributed by atoms with van der Waals surface area (Å²) < 4.78 is 6.19. The van der Waals surface area contributed by atoms with Crippen LogP contribution in [0.2, 0.25) is 0 Å². The second-order valence-electron chi connectivity index (χ2n) is 4.42. The Morgan fingerprint density at radius 2 is 2.11 bits per heavy atom. The summed E-state index contributed by atoms with van der Waals surface area (Å²) in [7, 11) is 0. The minimum atomic E-state index is -0.149. The Morgan fingerprint density at radius 1 is 1.37 bits per heavy atom. The molecule has 1 aromatic carbocycles. The molecular weight excluding hydrogens is 308 g/mol. The van der Waals surface area contributed by atoms with Gasteiger partial charge in [0.2, 0.25) is 5.89 Å². The molecule has 5 heteroatoms. The predicted molar refractivity (Wildman–Crippen MR) is 76.0 cm³/mol. The molecule has 0 aliphatic carbocycles. The molecule has 4 nitrogen and oxygen atoms in total. The summed E-state index contributed by atoms with van der Waals surface area (Å²) in [6.07, 6.45) is 0. The first-order chi connectivity index (χ1) is 8.97. The van der Waals surface area contributed by atoms with Crippen LogP contribution in [0.1, 0.15) is 33.3 Å². The molecule has 2 aromatic rings. The monoisotopic (exact) mass is 322 g/mol. The number of rotatable bonds is 3. The van der Waals surface area contributed by atoms with Crippen molar-refractivity contribution in [2.45, 2.75) is 27.3 Å². The predicted octanol–water partition coefficient (Wildman–Crippen LogP) is 3.29. The number of hydrogen-bond acceptors (Lipinski definition) is 3. The van der Waals surface area contributed by atoms with Crippen molar-refractivity contribution in [3.8, 4) is 0 Å². The second kappa shape index (κ2) is 5.57. The molecule has 0 fully saturated rings. The van der Waals surface area contributed by atoms with E-state index in [-0.39, 0.29) is 12.5 Å². The molecule has 0 unspecified atom stereocenters. The number of nitrogens with one attached hydrogen (secondary N) is 1. The molecular formula is C14H15BrN2O2. The Bertz CT molecular complexity index is 600. The first-order valence-electron chi connectivity index (χ1n) is 5.94. The molecule has 0 radical (unpaired) electrons. The van der Waals surface area contributed by atoms with Crippen molar-refractivity contribution in [1.82, 2.24) is 10.3 Å². The molecule has 1 heterocycles. The molecule has 0 aliphatic rings. The van der Waals surface area contributed by atoms with Gasteiger partial charge in [0.05, 0.1) is 17.8 Å². The van der Waals surface area contributed by atoms with Crippen molar-refractivity contribution < 1.29 is 9.21 Å². The molecule has 0 bridgehead atoms. The molecule has 0 atom stereocenters. The average Bonchev–Trinajstić information content (AvgIpc) is 2.69. The minimum absolute atomic E-state index is 0.149. The van der Waals surface area contributed by atoms with Crippen LogP contribution in [0, 0.1) is 20.8 Å². The van der Waals surface area contributed by atoms with Crippen molar-refractivity contribution in [3.05, 3.63) is 51.1 Å². The Hall–Kier alpha value is -1.62. The molecule has 0 aliphatic heterocycles. The van der Waals surface area contributed by atoms with E-state index in [4.69, 9.17) is 4.42 Å². The van der Waals surface area contributed by atoms with Gasteiger partial charge in [0.15, 0.2) is 0 Å². The first kappa shape index (κ1) is 13.8. The van der Waals surface area contributed by atoms with Crippen LogP contribution in [-0.2, 0) is 6.54 Å². The normalized spacial score (nSPS) is 10.5. The highest BCUT2D eigenvalue weighted by Gasteiger charge is 2.12. The zero-order chi connectivity index (χ0) is 14.0. The van der Waals surface area contributed by atoms with Crippen LogP contribution >= 0.6 is 15.9 Å². The maximum Gasteiger partial charge on any atom is 0.252 e. The number of carbonyl (C=O) groups excluding carboxylic acids is 1. The summed E-state index contributed by atoms with van der Waals surface area (Å²) in [6, 6.07) is 5.65. The van der Waals surface area contributed by atoms with Gasteiger partial charge in [0, 0.05) is 4.47 Å². The molecule has 1 N–H and O–H groups in total. The fourth-order valence-electron chi connectivity index (χ4n) is 1.68. The van der Waals surface area contributed by atoms with Crippen LogP contribution in [0.15, 0.2) is 27.1 Å². The number of oxazole rings is 1. The molecule has 0 saturated heterocycles. The van der Waals surface area contributed by atoms with Crippen molar-refractivity contribution in [3.63, 3.8) is 0 Å². The van der Waals surface area contributed by atoms with Gasteiger partial charge in [-0.15, -0.1) is 0 Å². The largest absolute Gasteiger partial charge is 0.444 e.